The van der Waals surface area contributed by atoms with Crippen molar-refractivity contribution < 1.29 is 9.90 Å². The van der Waals surface area contributed by atoms with Crippen molar-refractivity contribution in [1.29, 1.82) is 0 Å². The monoisotopic (exact) mass is 515 g/mol. The molecule has 1 aliphatic heterocycles. The zero-order chi connectivity index (χ0) is 26.9. The van der Waals surface area contributed by atoms with E-state index in [2.05, 4.69) is 90.2 Å². The SMILES string of the molecule is CC(C)c1ccc(N(C(=O)O)c2ccc3c(c2)CCN3Cc2cn(Cc3ccccc3)c3ccccc23)cc1. The number of anilines is 3. The minimum atomic E-state index is -0.978. The molecule has 39 heavy (non-hydrogen) atoms. The highest BCUT2D eigenvalue weighted by atomic mass is 16.4. The zero-order valence-corrected chi connectivity index (χ0v) is 22.4. The zero-order valence-electron chi connectivity index (χ0n) is 22.4. The molecule has 0 fully saturated rings. The number of aromatic nitrogens is 1. The lowest BCUT2D eigenvalue weighted by atomic mass is 10.0. The first kappa shape index (κ1) is 24.8. The van der Waals surface area contributed by atoms with Crippen LogP contribution in [0, 0.1) is 0 Å². The Balaban J connectivity index is 1.27. The number of hydrogen-bond acceptors (Lipinski definition) is 2. The molecule has 0 unspecified atom stereocenters. The van der Waals surface area contributed by atoms with Gasteiger partial charge in [0.25, 0.3) is 0 Å². The molecule has 0 saturated carbocycles. The van der Waals surface area contributed by atoms with Crippen molar-refractivity contribution in [2.75, 3.05) is 16.3 Å². The molecule has 2 heterocycles. The largest absolute Gasteiger partial charge is 0.464 e. The fourth-order valence-corrected chi connectivity index (χ4v) is 5.70. The molecule has 6 rings (SSSR count). The van der Waals surface area contributed by atoms with Crippen molar-refractivity contribution in [3.8, 4) is 0 Å². The van der Waals surface area contributed by atoms with Crippen molar-refractivity contribution in [1.82, 2.24) is 4.57 Å². The minimum Gasteiger partial charge on any atom is -0.464 e. The Labute approximate surface area is 229 Å². The van der Waals surface area contributed by atoms with Crippen LogP contribution in [0.4, 0.5) is 21.9 Å². The van der Waals surface area contributed by atoms with Crippen LogP contribution in [0.1, 0.15) is 42.0 Å². The molecular formula is C34H33N3O2. The third-order valence-corrected chi connectivity index (χ3v) is 7.75. The lowest BCUT2D eigenvalue weighted by molar-refractivity contribution is 0.205. The van der Waals surface area contributed by atoms with Gasteiger partial charge in [-0.2, -0.15) is 0 Å². The van der Waals surface area contributed by atoms with Crippen molar-refractivity contribution in [2.45, 2.75) is 39.3 Å². The maximum absolute atomic E-state index is 12.3. The number of para-hydroxylation sites is 1. The molecule has 1 N–H and O–H groups in total. The van der Waals surface area contributed by atoms with E-state index in [0.29, 0.717) is 17.3 Å². The van der Waals surface area contributed by atoms with Gasteiger partial charge in [0.1, 0.15) is 0 Å². The van der Waals surface area contributed by atoms with Gasteiger partial charge in [-0.05, 0) is 71.0 Å². The van der Waals surface area contributed by atoms with Gasteiger partial charge in [-0.15, -0.1) is 0 Å². The topological polar surface area (TPSA) is 48.7 Å². The summed E-state index contributed by atoms with van der Waals surface area (Å²) in [5, 5.41) is 11.4. The van der Waals surface area contributed by atoms with Crippen LogP contribution in [0.5, 0.6) is 0 Å². The van der Waals surface area contributed by atoms with Gasteiger partial charge < -0.3 is 14.6 Å². The van der Waals surface area contributed by atoms with E-state index in [1.807, 2.05) is 36.4 Å². The van der Waals surface area contributed by atoms with Gasteiger partial charge in [0, 0.05) is 42.4 Å². The summed E-state index contributed by atoms with van der Waals surface area (Å²) in [6.45, 7) is 6.83. The molecule has 5 aromatic rings. The molecule has 0 bridgehead atoms. The Morgan fingerprint density at radius 1 is 0.872 bits per heavy atom. The summed E-state index contributed by atoms with van der Waals surface area (Å²) in [7, 11) is 0. The summed E-state index contributed by atoms with van der Waals surface area (Å²) >= 11 is 0. The van der Waals surface area contributed by atoms with Gasteiger partial charge in [0.2, 0.25) is 0 Å². The van der Waals surface area contributed by atoms with Crippen LogP contribution in [0.15, 0.2) is 103 Å². The summed E-state index contributed by atoms with van der Waals surface area (Å²) < 4.78 is 2.34. The molecule has 196 valence electrons. The Morgan fingerprint density at radius 3 is 2.33 bits per heavy atom. The first-order valence-electron chi connectivity index (χ1n) is 13.6. The Bertz CT molecular complexity index is 1620. The smallest absolute Gasteiger partial charge is 0.416 e. The average Bonchev–Trinajstić information content (AvgIpc) is 3.50. The summed E-state index contributed by atoms with van der Waals surface area (Å²) in [4.78, 5) is 16.1. The molecule has 0 radical (unpaired) electrons. The fourth-order valence-electron chi connectivity index (χ4n) is 5.70. The Kier molecular flexibility index (Phi) is 6.57. The first-order chi connectivity index (χ1) is 19.0. The van der Waals surface area contributed by atoms with Gasteiger partial charge in [-0.3, -0.25) is 0 Å². The fraction of sp³-hybridized carbons (Fsp3) is 0.206. The van der Waals surface area contributed by atoms with E-state index in [-0.39, 0.29) is 0 Å². The van der Waals surface area contributed by atoms with Crippen LogP contribution in [-0.2, 0) is 19.5 Å². The summed E-state index contributed by atoms with van der Waals surface area (Å²) in [5.41, 5.74) is 8.73. The number of fused-ring (bicyclic) bond motifs is 2. The molecule has 5 heteroatoms. The predicted octanol–water partition coefficient (Wildman–Crippen LogP) is 8.19. The number of rotatable bonds is 7. The molecule has 1 aliphatic rings. The molecule has 4 aromatic carbocycles. The van der Waals surface area contributed by atoms with Crippen molar-refractivity contribution in [3.05, 3.63) is 126 Å². The van der Waals surface area contributed by atoms with Crippen LogP contribution in [-0.4, -0.2) is 22.3 Å². The van der Waals surface area contributed by atoms with E-state index in [4.69, 9.17) is 0 Å². The van der Waals surface area contributed by atoms with E-state index in [9.17, 15) is 9.90 Å². The average molecular weight is 516 g/mol. The van der Waals surface area contributed by atoms with Crippen LogP contribution in [0.2, 0.25) is 0 Å². The number of hydrogen-bond donors (Lipinski definition) is 1. The van der Waals surface area contributed by atoms with E-state index < -0.39 is 6.09 Å². The standard InChI is InChI=1S/C34H33N3O2/c1-24(2)26-12-14-29(15-13-26)37(34(38)39)30-16-17-32-27(20-30)18-19-35(32)22-28-23-36(21-25-8-4-3-5-9-25)33-11-7-6-10-31(28)33/h3-17,20,23-24H,18-19,21-22H2,1-2H3,(H,38,39). The van der Waals surface area contributed by atoms with Crippen LogP contribution in [0.3, 0.4) is 0 Å². The second kappa shape index (κ2) is 10.3. The van der Waals surface area contributed by atoms with Crippen molar-refractivity contribution in [2.24, 2.45) is 0 Å². The van der Waals surface area contributed by atoms with E-state index >= 15 is 0 Å². The second-order valence-electron chi connectivity index (χ2n) is 10.6. The first-order valence-corrected chi connectivity index (χ1v) is 13.6. The lowest BCUT2D eigenvalue weighted by Crippen LogP contribution is -2.23. The third kappa shape index (κ3) is 4.88. The molecule has 0 saturated heterocycles. The van der Waals surface area contributed by atoms with E-state index in [1.54, 1.807) is 0 Å². The maximum Gasteiger partial charge on any atom is 0.416 e. The Morgan fingerprint density at radius 2 is 1.59 bits per heavy atom. The molecular weight excluding hydrogens is 482 g/mol. The van der Waals surface area contributed by atoms with Crippen LogP contribution >= 0.6 is 0 Å². The highest BCUT2D eigenvalue weighted by molar-refractivity contribution is 5.95. The summed E-state index contributed by atoms with van der Waals surface area (Å²) in [5.74, 6) is 0.399. The molecule has 1 amide bonds. The predicted molar refractivity (Wildman–Crippen MR) is 159 cm³/mol. The number of benzene rings is 4. The quantitative estimate of drug-likeness (QED) is 0.238. The van der Waals surface area contributed by atoms with Crippen molar-refractivity contribution >= 4 is 34.1 Å². The van der Waals surface area contributed by atoms with Gasteiger partial charge in [-0.1, -0.05) is 74.5 Å². The molecule has 1 aromatic heterocycles. The minimum absolute atomic E-state index is 0.399. The normalized spacial score (nSPS) is 12.7. The van der Waals surface area contributed by atoms with E-state index in [0.717, 1.165) is 26.1 Å². The van der Waals surface area contributed by atoms with Gasteiger partial charge >= 0.3 is 6.09 Å². The molecule has 0 atom stereocenters. The van der Waals surface area contributed by atoms with Crippen LogP contribution < -0.4 is 9.80 Å². The van der Waals surface area contributed by atoms with Crippen molar-refractivity contribution in [3.63, 3.8) is 0 Å². The number of carbonyl (C=O) groups is 1. The van der Waals surface area contributed by atoms with Gasteiger partial charge in [0.05, 0.1) is 11.4 Å². The summed E-state index contributed by atoms with van der Waals surface area (Å²) in [6, 6.07) is 33.1. The highest BCUT2D eigenvalue weighted by Crippen LogP contribution is 2.36. The molecule has 5 nitrogen and oxygen atoms in total. The highest BCUT2D eigenvalue weighted by Gasteiger charge is 2.24. The number of nitrogens with zero attached hydrogens (tertiary/aromatic N) is 3. The number of amides is 1. The second-order valence-corrected chi connectivity index (χ2v) is 10.6. The lowest BCUT2D eigenvalue weighted by Gasteiger charge is -2.23. The number of carboxylic acid groups (broad SMARTS) is 1. The van der Waals surface area contributed by atoms with Gasteiger partial charge in [-0.25, -0.2) is 9.69 Å². The molecule has 0 aliphatic carbocycles. The maximum atomic E-state index is 12.3. The summed E-state index contributed by atoms with van der Waals surface area (Å²) in [6.07, 6.45) is 2.20. The van der Waals surface area contributed by atoms with E-state index in [1.165, 1.54) is 43.7 Å². The third-order valence-electron chi connectivity index (χ3n) is 7.75. The molecule has 0 spiro atoms. The van der Waals surface area contributed by atoms with Crippen LogP contribution in [0.25, 0.3) is 10.9 Å². The van der Waals surface area contributed by atoms with Gasteiger partial charge in [0.15, 0.2) is 0 Å². The Hall–Kier alpha value is -4.51.